The number of aromatic amines is 1. The van der Waals surface area contributed by atoms with Crippen LogP contribution in [0.15, 0.2) is 30.3 Å². The summed E-state index contributed by atoms with van der Waals surface area (Å²) in [5.41, 5.74) is -4.48. The SMILES string of the molecule is CC1(C)c2cc(OS(=O)(=O)C(F)(F)F)c(Cl)cc2C(=O)c2c1[nH]c1cc(C#N)ccc21. The number of nitriles is 1. The standard InChI is InChI=1S/C20H12ClF3N2O4S/c1-19(2)12-7-15(30-31(28,29)20(22,23)24)13(21)6-11(12)17(27)16-10-4-3-9(8-25)5-14(10)26-18(16)19/h3-7,26H,1-2H3. The zero-order chi connectivity index (χ0) is 22.9. The molecule has 1 aliphatic carbocycles. The zero-order valence-electron chi connectivity index (χ0n) is 15.9. The van der Waals surface area contributed by atoms with Crippen LogP contribution in [0, 0.1) is 11.3 Å². The third-order valence-electron chi connectivity index (χ3n) is 5.25. The van der Waals surface area contributed by atoms with E-state index in [-0.39, 0.29) is 11.1 Å². The van der Waals surface area contributed by atoms with Crippen LogP contribution in [0.3, 0.4) is 0 Å². The van der Waals surface area contributed by atoms with E-state index >= 15 is 0 Å². The highest BCUT2D eigenvalue weighted by molar-refractivity contribution is 7.88. The van der Waals surface area contributed by atoms with Crippen molar-refractivity contribution in [3.05, 3.63) is 63.3 Å². The summed E-state index contributed by atoms with van der Waals surface area (Å²) < 4.78 is 65.3. The molecular formula is C20H12ClF3N2O4S. The van der Waals surface area contributed by atoms with Crippen molar-refractivity contribution in [1.82, 2.24) is 4.98 Å². The maximum atomic E-state index is 13.3. The molecule has 1 N–H and O–H groups in total. The summed E-state index contributed by atoms with van der Waals surface area (Å²) in [7, 11) is -5.95. The van der Waals surface area contributed by atoms with E-state index in [4.69, 9.17) is 16.9 Å². The van der Waals surface area contributed by atoms with E-state index in [0.717, 1.165) is 12.1 Å². The number of ketones is 1. The molecule has 0 amide bonds. The smallest absolute Gasteiger partial charge is 0.374 e. The number of aromatic nitrogens is 1. The minimum Gasteiger partial charge on any atom is -0.374 e. The zero-order valence-corrected chi connectivity index (χ0v) is 17.5. The molecule has 0 spiro atoms. The Bertz CT molecular complexity index is 1430. The number of halogens is 4. The topological polar surface area (TPSA) is 100 Å². The highest BCUT2D eigenvalue weighted by Gasteiger charge is 2.49. The fourth-order valence-corrected chi connectivity index (χ4v) is 4.45. The van der Waals surface area contributed by atoms with Gasteiger partial charge in [-0.1, -0.05) is 31.5 Å². The van der Waals surface area contributed by atoms with Gasteiger partial charge >= 0.3 is 15.6 Å². The highest BCUT2D eigenvalue weighted by Crippen LogP contribution is 2.46. The maximum Gasteiger partial charge on any atom is 0.534 e. The molecule has 1 aliphatic rings. The molecule has 1 aromatic heterocycles. The molecule has 0 unspecified atom stereocenters. The second-order valence-electron chi connectivity index (χ2n) is 7.51. The number of carbonyl (C=O) groups excluding carboxylic acids is 1. The lowest BCUT2D eigenvalue weighted by Crippen LogP contribution is -2.31. The molecule has 0 radical (unpaired) electrons. The summed E-state index contributed by atoms with van der Waals surface area (Å²) in [6, 6.07) is 8.94. The van der Waals surface area contributed by atoms with Crippen LogP contribution in [0.1, 0.15) is 46.6 Å². The first kappa shape index (κ1) is 21.2. The van der Waals surface area contributed by atoms with Gasteiger partial charge in [0, 0.05) is 27.6 Å². The van der Waals surface area contributed by atoms with E-state index in [1.54, 1.807) is 32.0 Å². The van der Waals surface area contributed by atoms with E-state index < -0.39 is 37.6 Å². The van der Waals surface area contributed by atoms with Gasteiger partial charge in [-0.2, -0.15) is 26.9 Å². The quantitative estimate of drug-likeness (QED) is 0.430. The first-order valence-electron chi connectivity index (χ1n) is 8.73. The maximum absolute atomic E-state index is 13.3. The minimum absolute atomic E-state index is 0.115. The van der Waals surface area contributed by atoms with Crippen molar-refractivity contribution in [2.75, 3.05) is 0 Å². The first-order chi connectivity index (χ1) is 14.3. The number of alkyl halides is 3. The van der Waals surface area contributed by atoms with Gasteiger partial charge in [-0.3, -0.25) is 4.79 Å². The van der Waals surface area contributed by atoms with Crippen LogP contribution in [0.2, 0.25) is 5.02 Å². The Kier molecular flexibility index (Phi) is 4.44. The molecule has 0 saturated heterocycles. The number of carbonyl (C=O) groups is 1. The molecule has 31 heavy (non-hydrogen) atoms. The molecule has 2 aromatic carbocycles. The normalized spacial score (nSPS) is 15.3. The summed E-state index contributed by atoms with van der Waals surface area (Å²) in [6.45, 7) is 3.43. The van der Waals surface area contributed by atoms with Gasteiger partial charge in [-0.15, -0.1) is 0 Å². The van der Waals surface area contributed by atoms with Crippen LogP contribution in [-0.4, -0.2) is 24.7 Å². The molecule has 1 heterocycles. The predicted molar refractivity (Wildman–Crippen MR) is 106 cm³/mol. The molecule has 6 nitrogen and oxygen atoms in total. The van der Waals surface area contributed by atoms with Crippen LogP contribution in [-0.2, 0) is 15.5 Å². The molecule has 0 atom stereocenters. The third kappa shape index (κ3) is 3.07. The number of hydrogen-bond acceptors (Lipinski definition) is 5. The molecule has 11 heteroatoms. The fourth-order valence-electron chi connectivity index (χ4n) is 3.73. The van der Waals surface area contributed by atoms with Crippen molar-refractivity contribution in [2.24, 2.45) is 0 Å². The fraction of sp³-hybridized carbons (Fsp3) is 0.200. The number of fused-ring (bicyclic) bond motifs is 4. The lowest BCUT2D eigenvalue weighted by Gasteiger charge is -2.32. The Morgan fingerprint density at radius 1 is 1.19 bits per heavy atom. The van der Waals surface area contributed by atoms with Gasteiger partial charge in [0.1, 0.15) is 0 Å². The van der Waals surface area contributed by atoms with Crippen molar-refractivity contribution < 1.29 is 30.6 Å². The van der Waals surface area contributed by atoms with Crippen molar-refractivity contribution in [1.29, 1.82) is 5.26 Å². The van der Waals surface area contributed by atoms with E-state index in [2.05, 4.69) is 9.17 Å². The number of hydrogen-bond donors (Lipinski definition) is 1. The van der Waals surface area contributed by atoms with E-state index in [0.29, 0.717) is 27.7 Å². The third-order valence-corrected chi connectivity index (χ3v) is 6.51. The second-order valence-corrected chi connectivity index (χ2v) is 9.46. The summed E-state index contributed by atoms with van der Waals surface area (Å²) >= 11 is 5.98. The van der Waals surface area contributed by atoms with Crippen LogP contribution in [0.5, 0.6) is 5.75 Å². The van der Waals surface area contributed by atoms with Gasteiger partial charge in [-0.25, -0.2) is 0 Å². The van der Waals surface area contributed by atoms with Crippen LogP contribution < -0.4 is 4.18 Å². The molecule has 0 bridgehead atoms. The van der Waals surface area contributed by atoms with Crippen molar-refractivity contribution >= 4 is 38.4 Å². The first-order valence-corrected chi connectivity index (χ1v) is 10.5. The number of benzene rings is 2. The average Bonchev–Trinajstić information content (AvgIpc) is 3.06. The molecule has 4 rings (SSSR count). The number of rotatable bonds is 2. The van der Waals surface area contributed by atoms with Gasteiger partial charge in [0.05, 0.1) is 22.2 Å². The molecular weight excluding hydrogens is 457 g/mol. The van der Waals surface area contributed by atoms with Crippen LogP contribution >= 0.6 is 11.6 Å². The lowest BCUT2D eigenvalue weighted by molar-refractivity contribution is -0.0500. The molecule has 0 aliphatic heterocycles. The second kappa shape index (κ2) is 6.48. The summed E-state index contributed by atoms with van der Waals surface area (Å²) in [5.74, 6) is -1.17. The van der Waals surface area contributed by atoms with E-state index in [1.165, 1.54) is 0 Å². The summed E-state index contributed by atoms with van der Waals surface area (Å²) in [5, 5.41) is 9.24. The van der Waals surface area contributed by atoms with Gasteiger partial charge in [0.2, 0.25) is 0 Å². The Hall–Kier alpha value is -3.03. The predicted octanol–water partition coefficient (Wildman–Crippen LogP) is 4.79. The number of nitrogens with one attached hydrogen (secondary N) is 1. The van der Waals surface area contributed by atoms with E-state index in [1.807, 2.05) is 6.07 Å². The Balaban J connectivity index is 1.93. The average molecular weight is 469 g/mol. The largest absolute Gasteiger partial charge is 0.534 e. The Labute approximate surface area is 179 Å². The van der Waals surface area contributed by atoms with Crippen molar-refractivity contribution in [3.8, 4) is 11.8 Å². The van der Waals surface area contributed by atoms with Crippen LogP contribution in [0.4, 0.5) is 13.2 Å². The summed E-state index contributed by atoms with van der Waals surface area (Å²) in [6.07, 6.45) is 0. The van der Waals surface area contributed by atoms with Gasteiger partial charge in [0.25, 0.3) is 0 Å². The number of H-pyrrole nitrogens is 1. The molecule has 3 aromatic rings. The van der Waals surface area contributed by atoms with Gasteiger partial charge in [-0.05, 0) is 29.8 Å². The highest BCUT2D eigenvalue weighted by atomic mass is 35.5. The van der Waals surface area contributed by atoms with Gasteiger partial charge < -0.3 is 9.17 Å². The van der Waals surface area contributed by atoms with Crippen LogP contribution in [0.25, 0.3) is 10.9 Å². The van der Waals surface area contributed by atoms with Crippen molar-refractivity contribution in [2.45, 2.75) is 24.8 Å². The molecule has 0 saturated carbocycles. The minimum atomic E-state index is -5.95. The Morgan fingerprint density at radius 2 is 1.87 bits per heavy atom. The monoisotopic (exact) mass is 468 g/mol. The van der Waals surface area contributed by atoms with E-state index in [9.17, 15) is 26.4 Å². The number of nitrogens with zero attached hydrogens (tertiary/aromatic N) is 1. The Morgan fingerprint density at radius 3 is 2.48 bits per heavy atom. The lowest BCUT2D eigenvalue weighted by atomic mass is 9.71. The summed E-state index contributed by atoms with van der Waals surface area (Å²) in [4.78, 5) is 16.4. The molecule has 160 valence electrons. The van der Waals surface area contributed by atoms with Gasteiger partial charge in [0.15, 0.2) is 11.5 Å². The molecule has 0 fully saturated rings. The van der Waals surface area contributed by atoms with Crippen molar-refractivity contribution in [3.63, 3.8) is 0 Å².